The predicted octanol–water partition coefficient (Wildman–Crippen LogP) is 1.76. The number of methoxy groups -OCH3 is 1. The first-order valence-electron chi connectivity index (χ1n) is 8.38. The molecule has 27 heavy (non-hydrogen) atoms. The third-order valence-electron chi connectivity index (χ3n) is 4.62. The Balaban J connectivity index is 1.96. The van der Waals surface area contributed by atoms with Crippen molar-refractivity contribution in [2.45, 2.75) is 17.3 Å². The molecule has 4 heterocycles. The van der Waals surface area contributed by atoms with Gasteiger partial charge in [-0.15, -0.1) is 6.58 Å². The second-order valence-corrected chi connectivity index (χ2v) is 6.93. The molecule has 0 amide bonds. The van der Waals surface area contributed by atoms with Crippen LogP contribution < -0.4 is 5.56 Å². The van der Waals surface area contributed by atoms with Crippen LogP contribution in [0.4, 0.5) is 0 Å². The van der Waals surface area contributed by atoms with E-state index in [-0.39, 0.29) is 5.56 Å². The molecule has 9 heteroatoms. The summed E-state index contributed by atoms with van der Waals surface area (Å²) in [6.07, 6.45) is 5.12. The van der Waals surface area contributed by atoms with Gasteiger partial charge in [-0.05, 0) is 18.4 Å². The van der Waals surface area contributed by atoms with Crippen molar-refractivity contribution in [2.24, 2.45) is 0 Å². The fraction of sp³-hybridized carbons (Fsp3) is 0.333. The summed E-state index contributed by atoms with van der Waals surface area (Å²) in [5.41, 5.74) is 0.537. The summed E-state index contributed by atoms with van der Waals surface area (Å²) in [5, 5.41) is 1.03. The highest BCUT2D eigenvalue weighted by Gasteiger charge is 2.42. The third kappa shape index (κ3) is 2.78. The lowest BCUT2D eigenvalue weighted by molar-refractivity contribution is -0.204. The molecule has 140 valence electrons. The fourth-order valence-electron chi connectivity index (χ4n) is 3.08. The molecule has 0 spiro atoms. The molecule has 1 aliphatic rings. The van der Waals surface area contributed by atoms with Crippen molar-refractivity contribution < 1.29 is 9.47 Å². The minimum absolute atomic E-state index is 0.182. The number of aromatic nitrogens is 5. The Labute approximate surface area is 159 Å². The molecule has 3 aromatic rings. The Morgan fingerprint density at radius 3 is 2.85 bits per heavy atom. The van der Waals surface area contributed by atoms with E-state index in [0.717, 1.165) is 5.69 Å². The van der Waals surface area contributed by atoms with Crippen LogP contribution in [-0.2, 0) is 21.6 Å². The van der Waals surface area contributed by atoms with Gasteiger partial charge in [0.15, 0.2) is 22.2 Å². The molecule has 0 radical (unpaired) electrons. The molecular weight excluding hydrogens is 366 g/mol. The number of hydrogen-bond donors (Lipinski definition) is 0. The molecule has 0 atom stereocenters. The molecule has 0 aliphatic carbocycles. The lowest BCUT2D eigenvalue weighted by atomic mass is 9.97. The van der Waals surface area contributed by atoms with E-state index in [9.17, 15) is 4.79 Å². The predicted molar refractivity (Wildman–Crippen MR) is 102 cm³/mol. The average Bonchev–Trinajstić information content (AvgIpc) is 2.93. The Kier molecular flexibility index (Phi) is 4.58. The highest BCUT2D eigenvalue weighted by molar-refractivity contribution is 7.98. The van der Waals surface area contributed by atoms with E-state index in [2.05, 4.69) is 16.5 Å². The van der Waals surface area contributed by atoms with Gasteiger partial charge in [0.2, 0.25) is 0 Å². The maximum atomic E-state index is 12.9. The smallest absolute Gasteiger partial charge is 0.278 e. The summed E-state index contributed by atoms with van der Waals surface area (Å²) in [7, 11) is 1.65. The van der Waals surface area contributed by atoms with Gasteiger partial charge < -0.3 is 9.47 Å². The van der Waals surface area contributed by atoms with Crippen LogP contribution in [0.3, 0.4) is 0 Å². The van der Waals surface area contributed by atoms with E-state index >= 15 is 0 Å². The van der Waals surface area contributed by atoms with Crippen molar-refractivity contribution in [2.75, 3.05) is 26.6 Å². The van der Waals surface area contributed by atoms with Crippen molar-refractivity contribution in [1.82, 2.24) is 24.3 Å². The van der Waals surface area contributed by atoms with Gasteiger partial charge in [-0.2, -0.15) is 0 Å². The van der Waals surface area contributed by atoms with Crippen molar-refractivity contribution in [1.29, 1.82) is 0 Å². The number of thioether (sulfide) groups is 1. The van der Waals surface area contributed by atoms with Crippen molar-refractivity contribution in [3.05, 3.63) is 53.1 Å². The van der Waals surface area contributed by atoms with E-state index in [0.29, 0.717) is 41.8 Å². The van der Waals surface area contributed by atoms with Gasteiger partial charge >= 0.3 is 0 Å². The molecule has 0 bridgehead atoms. The largest absolute Gasteiger partial charge is 0.374 e. The average molecular weight is 385 g/mol. The van der Waals surface area contributed by atoms with Crippen LogP contribution in [0.5, 0.6) is 0 Å². The third-order valence-corrected chi connectivity index (χ3v) is 5.18. The summed E-state index contributed by atoms with van der Waals surface area (Å²) in [6, 6.07) is 5.63. The summed E-state index contributed by atoms with van der Waals surface area (Å²) in [6.45, 7) is 4.98. The van der Waals surface area contributed by atoms with Gasteiger partial charge in [0.05, 0.1) is 25.5 Å². The van der Waals surface area contributed by atoms with Gasteiger partial charge in [0.25, 0.3) is 5.56 Å². The summed E-state index contributed by atoms with van der Waals surface area (Å²) in [5.74, 6) is 0.579. The van der Waals surface area contributed by atoms with Crippen LogP contribution >= 0.6 is 11.8 Å². The topological polar surface area (TPSA) is 84.1 Å². The zero-order chi connectivity index (χ0) is 19.0. The molecular formula is C18H19N5O3S. The monoisotopic (exact) mass is 385 g/mol. The van der Waals surface area contributed by atoms with E-state index in [1.165, 1.54) is 11.8 Å². The summed E-state index contributed by atoms with van der Waals surface area (Å²) >= 11 is 1.42. The maximum Gasteiger partial charge on any atom is 0.278 e. The zero-order valence-corrected chi connectivity index (χ0v) is 15.9. The van der Waals surface area contributed by atoms with Crippen LogP contribution in [0.2, 0.25) is 0 Å². The standard InChI is InChI=1S/C18H19N5O3S/c1-4-8-22-16(24)12-9-19-17(27-3)21-15(12)23(22)14-7-5-6-13(20-14)18(25-2)10-26-11-18/h4-7,9H,1,8,10-11H2,2-3H3. The van der Waals surface area contributed by atoms with Gasteiger partial charge in [0, 0.05) is 13.3 Å². The zero-order valence-electron chi connectivity index (χ0n) is 15.1. The molecule has 8 nitrogen and oxygen atoms in total. The lowest BCUT2D eigenvalue weighted by Gasteiger charge is -2.39. The molecule has 1 fully saturated rings. The van der Waals surface area contributed by atoms with Crippen LogP contribution in [0.25, 0.3) is 16.9 Å². The van der Waals surface area contributed by atoms with Crippen LogP contribution in [-0.4, -0.2) is 50.9 Å². The first-order chi connectivity index (χ1) is 13.1. The maximum absolute atomic E-state index is 12.9. The number of allylic oxidation sites excluding steroid dienone is 1. The van der Waals surface area contributed by atoms with Crippen molar-refractivity contribution >= 4 is 22.8 Å². The number of pyridine rings is 1. The van der Waals surface area contributed by atoms with Crippen LogP contribution in [0.1, 0.15) is 5.69 Å². The lowest BCUT2D eigenvalue weighted by Crippen LogP contribution is -2.49. The van der Waals surface area contributed by atoms with Gasteiger partial charge in [0.1, 0.15) is 5.39 Å². The van der Waals surface area contributed by atoms with E-state index in [1.807, 2.05) is 24.5 Å². The summed E-state index contributed by atoms with van der Waals surface area (Å²) in [4.78, 5) is 26.4. The Morgan fingerprint density at radius 2 is 2.22 bits per heavy atom. The highest BCUT2D eigenvalue weighted by atomic mass is 32.2. The van der Waals surface area contributed by atoms with E-state index in [1.54, 1.807) is 28.7 Å². The van der Waals surface area contributed by atoms with Crippen LogP contribution in [0, 0.1) is 0 Å². The van der Waals surface area contributed by atoms with Gasteiger partial charge in [-0.25, -0.2) is 24.3 Å². The first kappa shape index (κ1) is 17.9. The Morgan fingerprint density at radius 1 is 1.41 bits per heavy atom. The quantitative estimate of drug-likeness (QED) is 0.363. The summed E-state index contributed by atoms with van der Waals surface area (Å²) < 4.78 is 14.2. The molecule has 4 rings (SSSR count). The number of ether oxygens (including phenoxy) is 2. The van der Waals surface area contributed by atoms with Gasteiger partial charge in [-0.1, -0.05) is 23.9 Å². The number of rotatable bonds is 6. The molecule has 3 aromatic heterocycles. The van der Waals surface area contributed by atoms with Gasteiger partial charge in [-0.3, -0.25) is 4.79 Å². The molecule has 0 unspecified atom stereocenters. The van der Waals surface area contributed by atoms with E-state index < -0.39 is 5.60 Å². The molecule has 0 aromatic carbocycles. The molecule has 1 saturated heterocycles. The van der Waals surface area contributed by atoms with Crippen molar-refractivity contribution in [3.63, 3.8) is 0 Å². The number of hydrogen-bond acceptors (Lipinski definition) is 7. The van der Waals surface area contributed by atoms with Crippen molar-refractivity contribution in [3.8, 4) is 5.82 Å². The highest BCUT2D eigenvalue weighted by Crippen LogP contribution is 2.32. The minimum atomic E-state index is -0.554. The molecule has 0 saturated carbocycles. The second kappa shape index (κ2) is 6.91. The molecule has 1 aliphatic heterocycles. The number of nitrogens with zero attached hydrogens (tertiary/aromatic N) is 5. The number of fused-ring (bicyclic) bond motifs is 1. The normalized spacial score (nSPS) is 15.6. The Bertz CT molecular complexity index is 1070. The molecule has 0 N–H and O–H groups in total. The Hall–Kier alpha value is -2.49. The first-order valence-corrected chi connectivity index (χ1v) is 9.60. The second-order valence-electron chi connectivity index (χ2n) is 6.15. The van der Waals surface area contributed by atoms with E-state index in [4.69, 9.17) is 14.5 Å². The SMILES string of the molecule is C=CCn1c(=O)c2cnc(SC)nc2n1-c1cccc(C2(OC)COC2)n1. The minimum Gasteiger partial charge on any atom is -0.374 e. The van der Waals surface area contributed by atoms with Crippen LogP contribution in [0.15, 0.2) is 47.0 Å². The fourth-order valence-corrected chi connectivity index (χ4v) is 3.42.